The van der Waals surface area contributed by atoms with Crippen molar-refractivity contribution >= 4 is 0 Å². The first kappa shape index (κ1) is 10.4. The van der Waals surface area contributed by atoms with E-state index in [9.17, 15) is 0 Å². The maximum absolute atomic E-state index is 5.32. The van der Waals surface area contributed by atoms with Gasteiger partial charge in [0.1, 0.15) is 6.61 Å². The summed E-state index contributed by atoms with van der Waals surface area (Å²) in [6.07, 6.45) is 5.32. The van der Waals surface area contributed by atoms with Gasteiger partial charge >= 0.3 is 0 Å². The summed E-state index contributed by atoms with van der Waals surface area (Å²) in [7, 11) is 0. The van der Waals surface area contributed by atoms with Gasteiger partial charge in [-0.05, 0) is 35.5 Å². The fourth-order valence-corrected chi connectivity index (χ4v) is 1.63. The molecule has 0 amide bonds. The van der Waals surface area contributed by atoms with Crippen LogP contribution in [0, 0.1) is 11.8 Å². The Bertz CT molecular complexity index is 221. The molecule has 0 aromatic rings. The lowest BCUT2D eigenvalue weighted by atomic mass is 9.89. The second kappa shape index (κ2) is 4.50. The molecule has 1 nitrogen and oxygen atoms in total. The van der Waals surface area contributed by atoms with Crippen molar-refractivity contribution in [2.75, 3.05) is 6.61 Å². The van der Waals surface area contributed by atoms with Crippen LogP contribution in [0.4, 0.5) is 0 Å². The second-order valence-electron chi connectivity index (χ2n) is 4.39. The number of rotatable bonds is 3. The van der Waals surface area contributed by atoms with E-state index in [0.717, 1.165) is 12.5 Å². The van der Waals surface area contributed by atoms with Crippen LogP contribution in [0.2, 0.25) is 0 Å². The van der Waals surface area contributed by atoms with E-state index < -0.39 is 0 Å². The van der Waals surface area contributed by atoms with Gasteiger partial charge in [0, 0.05) is 0 Å². The lowest BCUT2D eigenvalue weighted by molar-refractivity contribution is 0.275. The van der Waals surface area contributed by atoms with E-state index in [1.54, 1.807) is 0 Å². The highest BCUT2D eigenvalue weighted by Gasteiger charge is 2.13. The Labute approximate surface area is 81.5 Å². The van der Waals surface area contributed by atoms with Gasteiger partial charge in [-0.2, -0.15) is 0 Å². The third-order valence-electron chi connectivity index (χ3n) is 2.26. The molecule has 1 heteroatoms. The number of hydrogen-bond acceptors (Lipinski definition) is 1. The molecule has 0 N–H and O–H groups in total. The summed E-state index contributed by atoms with van der Waals surface area (Å²) >= 11 is 0. The molecule has 0 saturated carbocycles. The molecule has 0 saturated heterocycles. The molecule has 0 spiro atoms. The normalized spacial score (nSPS) is 17.1. The molecule has 1 aliphatic rings. The zero-order valence-electron chi connectivity index (χ0n) is 9.13. The van der Waals surface area contributed by atoms with Crippen molar-refractivity contribution in [3.8, 4) is 0 Å². The molecule has 0 atom stereocenters. The van der Waals surface area contributed by atoms with Crippen LogP contribution in [0.15, 0.2) is 23.5 Å². The summed E-state index contributed by atoms with van der Waals surface area (Å²) in [5.41, 5.74) is 2.86. The minimum atomic E-state index is 0.574. The predicted octanol–water partition coefficient (Wildman–Crippen LogP) is 3.53. The molecular formula is C12H20O. The van der Waals surface area contributed by atoms with Gasteiger partial charge < -0.3 is 4.74 Å². The topological polar surface area (TPSA) is 9.23 Å². The van der Waals surface area contributed by atoms with Crippen LogP contribution < -0.4 is 0 Å². The molecule has 1 heterocycles. The smallest absolute Gasteiger partial charge is 0.106 e. The lowest BCUT2D eigenvalue weighted by Gasteiger charge is -2.20. The molecule has 0 aliphatic carbocycles. The summed E-state index contributed by atoms with van der Waals surface area (Å²) in [5.74, 6) is 1.30. The molecule has 13 heavy (non-hydrogen) atoms. The fourth-order valence-electron chi connectivity index (χ4n) is 1.63. The van der Waals surface area contributed by atoms with Crippen molar-refractivity contribution in [1.82, 2.24) is 0 Å². The molecule has 1 aliphatic heterocycles. The van der Waals surface area contributed by atoms with Crippen LogP contribution in [0.1, 0.15) is 34.1 Å². The Kier molecular flexibility index (Phi) is 3.58. The van der Waals surface area contributed by atoms with E-state index in [1.807, 2.05) is 6.26 Å². The molecule has 0 bridgehead atoms. The van der Waals surface area contributed by atoms with Crippen molar-refractivity contribution in [3.63, 3.8) is 0 Å². The largest absolute Gasteiger partial charge is 0.497 e. The molecule has 1 rings (SSSR count). The monoisotopic (exact) mass is 180 g/mol. The van der Waals surface area contributed by atoms with Gasteiger partial charge in [-0.25, -0.2) is 0 Å². The summed E-state index contributed by atoms with van der Waals surface area (Å²) < 4.78 is 5.32. The van der Waals surface area contributed by atoms with Crippen molar-refractivity contribution < 1.29 is 4.74 Å². The van der Waals surface area contributed by atoms with Gasteiger partial charge in [-0.3, -0.25) is 0 Å². The number of allylic oxidation sites excluding steroid dienone is 2. The van der Waals surface area contributed by atoms with Crippen LogP contribution in [0.5, 0.6) is 0 Å². The van der Waals surface area contributed by atoms with Gasteiger partial charge in [-0.15, -0.1) is 0 Å². The van der Waals surface area contributed by atoms with E-state index in [0.29, 0.717) is 5.92 Å². The fraction of sp³-hybridized carbons (Fsp3) is 0.667. The molecule has 0 fully saturated rings. The third kappa shape index (κ3) is 2.91. The minimum absolute atomic E-state index is 0.574. The summed E-state index contributed by atoms with van der Waals surface area (Å²) in [5, 5.41) is 0. The van der Waals surface area contributed by atoms with Crippen molar-refractivity contribution in [1.29, 1.82) is 0 Å². The first-order valence-electron chi connectivity index (χ1n) is 5.12. The van der Waals surface area contributed by atoms with Gasteiger partial charge in [0.2, 0.25) is 0 Å². The maximum Gasteiger partial charge on any atom is 0.106 e. The lowest BCUT2D eigenvalue weighted by Crippen LogP contribution is -2.07. The van der Waals surface area contributed by atoms with Gasteiger partial charge in [0.15, 0.2) is 0 Å². The highest BCUT2D eigenvalue weighted by molar-refractivity contribution is 5.33. The predicted molar refractivity (Wildman–Crippen MR) is 56.4 cm³/mol. The molecule has 0 aromatic carbocycles. The third-order valence-corrected chi connectivity index (χ3v) is 2.26. The molecule has 0 aromatic heterocycles. The first-order valence-corrected chi connectivity index (χ1v) is 5.12. The Morgan fingerprint density at radius 2 is 2.00 bits per heavy atom. The highest BCUT2D eigenvalue weighted by atomic mass is 16.5. The van der Waals surface area contributed by atoms with Crippen LogP contribution in [-0.2, 0) is 4.74 Å². The van der Waals surface area contributed by atoms with Gasteiger partial charge in [0.05, 0.1) is 6.26 Å². The average Bonchev–Trinajstić information content (AvgIpc) is 2.03. The standard InChI is InChI=1S/C12H20O/c1-9(2)7-11-5-6-13-8-12(11)10(3)4/h5,8-10H,6-7H2,1-4H3. The number of ether oxygens (including phenoxy) is 1. The molecule has 0 radical (unpaired) electrons. The van der Waals surface area contributed by atoms with Crippen molar-refractivity contribution in [2.45, 2.75) is 34.1 Å². The zero-order chi connectivity index (χ0) is 9.84. The summed E-state index contributed by atoms with van der Waals surface area (Å²) in [6, 6.07) is 0. The average molecular weight is 180 g/mol. The van der Waals surface area contributed by atoms with E-state index in [2.05, 4.69) is 33.8 Å². The Morgan fingerprint density at radius 1 is 1.31 bits per heavy atom. The molecular weight excluding hydrogens is 160 g/mol. The maximum atomic E-state index is 5.32. The van der Waals surface area contributed by atoms with Crippen LogP contribution in [-0.4, -0.2) is 6.61 Å². The zero-order valence-corrected chi connectivity index (χ0v) is 9.13. The number of hydrogen-bond donors (Lipinski definition) is 0. The SMILES string of the molecule is CC(C)CC1=CCOC=C1C(C)C. The first-order chi connectivity index (χ1) is 6.11. The van der Waals surface area contributed by atoms with Crippen molar-refractivity contribution in [3.05, 3.63) is 23.5 Å². The van der Waals surface area contributed by atoms with Crippen LogP contribution in [0.3, 0.4) is 0 Å². The molecule has 0 unspecified atom stereocenters. The van der Waals surface area contributed by atoms with E-state index in [4.69, 9.17) is 4.74 Å². The summed E-state index contributed by atoms with van der Waals surface area (Å²) in [6.45, 7) is 9.70. The van der Waals surface area contributed by atoms with E-state index in [-0.39, 0.29) is 0 Å². The van der Waals surface area contributed by atoms with Gasteiger partial charge in [0.25, 0.3) is 0 Å². The Hall–Kier alpha value is -0.720. The molecule has 74 valence electrons. The minimum Gasteiger partial charge on any atom is -0.497 e. The van der Waals surface area contributed by atoms with Crippen LogP contribution in [0.25, 0.3) is 0 Å². The quantitative estimate of drug-likeness (QED) is 0.645. The van der Waals surface area contributed by atoms with Crippen LogP contribution >= 0.6 is 0 Å². The van der Waals surface area contributed by atoms with Gasteiger partial charge in [-0.1, -0.05) is 27.7 Å². The van der Waals surface area contributed by atoms with Crippen molar-refractivity contribution in [2.24, 2.45) is 11.8 Å². The van der Waals surface area contributed by atoms with E-state index in [1.165, 1.54) is 17.6 Å². The Morgan fingerprint density at radius 3 is 2.54 bits per heavy atom. The second-order valence-corrected chi connectivity index (χ2v) is 4.39. The highest BCUT2D eigenvalue weighted by Crippen LogP contribution is 2.27. The Balaban J connectivity index is 2.70. The summed E-state index contributed by atoms with van der Waals surface area (Å²) in [4.78, 5) is 0. The van der Waals surface area contributed by atoms with E-state index >= 15 is 0 Å².